The molecule has 4 nitrogen and oxygen atoms in total. The molecular weight excluding hydrogens is 208 g/mol. The molecule has 0 N–H and O–H groups in total. The van der Waals surface area contributed by atoms with Gasteiger partial charge in [-0.3, -0.25) is 0 Å². The van der Waals surface area contributed by atoms with Crippen molar-refractivity contribution in [2.75, 3.05) is 26.9 Å². The lowest BCUT2D eigenvalue weighted by Gasteiger charge is -2.21. The largest absolute Gasteiger partial charge is 0.307 e. The third-order valence-electron chi connectivity index (χ3n) is 2.00. The Morgan fingerprint density at radius 3 is 2.15 bits per heavy atom. The Balaban J connectivity index is 3.91. The first-order chi connectivity index (χ1) is 5.75. The molecule has 13 heavy (non-hydrogen) atoms. The van der Waals surface area contributed by atoms with Gasteiger partial charge < -0.3 is 4.90 Å². The maximum atomic E-state index is 10.9. The van der Waals surface area contributed by atoms with Gasteiger partial charge in [-0.2, -0.15) is 0 Å². The molecule has 1 atom stereocenters. The molecule has 1 unspecified atom stereocenters. The Kier molecular flexibility index (Phi) is 5.28. The monoisotopic (exact) mass is 226 g/mol. The van der Waals surface area contributed by atoms with E-state index in [0.717, 1.165) is 16.4 Å². The SMILES string of the molecule is CC(CCN(S)S(C)(=O)=O)N(C)C. The van der Waals surface area contributed by atoms with Crippen LogP contribution in [0.25, 0.3) is 0 Å². The van der Waals surface area contributed by atoms with E-state index in [0.29, 0.717) is 12.6 Å². The maximum absolute atomic E-state index is 10.9. The molecule has 0 radical (unpaired) electrons. The van der Waals surface area contributed by atoms with Crippen LogP contribution in [-0.2, 0) is 10.0 Å². The lowest BCUT2D eigenvalue weighted by molar-refractivity contribution is 0.293. The summed E-state index contributed by atoms with van der Waals surface area (Å²) in [7, 11) is 0.787. The minimum atomic E-state index is -3.15. The lowest BCUT2D eigenvalue weighted by Crippen LogP contribution is -2.30. The van der Waals surface area contributed by atoms with Crippen LogP contribution < -0.4 is 0 Å². The summed E-state index contributed by atoms with van der Waals surface area (Å²) in [6.45, 7) is 2.49. The van der Waals surface area contributed by atoms with Crippen molar-refractivity contribution < 1.29 is 8.42 Å². The van der Waals surface area contributed by atoms with Crippen LogP contribution >= 0.6 is 12.8 Å². The molecule has 0 saturated heterocycles. The van der Waals surface area contributed by atoms with E-state index in [1.54, 1.807) is 0 Å². The Labute approximate surface area is 86.5 Å². The van der Waals surface area contributed by atoms with Crippen LogP contribution in [0.5, 0.6) is 0 Å². The van der Waals surface area contributed by atoms with E-state index in [9.17, 15) is 8.42 Å². The molecule has 0 heterocycles. The quantitative estimate of drug-likeness (QED) is 0.691. The molecule has 0 fully saturated rings. The van der Waals surface area contributed by atoms with Crippen molar-refractivity contribution in [2.45, 2.75) is 19.4 Å². The fraction of sp³-hybridized carbons (Fsp3) is 1.00. The average Bonchev–Trinajstić information content (AvgIpc) is 1.97. The molecule has 0 aromatic carbocycles. The Morgan fingerprint density at radius 2 is 1.85 bits per heavy atom. The second-order valence-electron chi connectivity index (χ2n) is 3.41. The van der Waals surface area contributed by atoms with E-state index in [4.69, 9.17) is 0 Å². The molecule has 0 amide bonds. The minimum absolute atomic E-state index is 0.358. The molecule has 0 aliphatic carbocycles. The minimum Gasteiger partial charge on any atom is -0.307 e. The highest BCUT2D eigenvalue weighted by atomic mass is 32.3. The third kappa shape index (κ3) is 5.51. The first-order valence-corrected chi connectivity index (χ1v) is 6.33. The standard InChI is InChI=1S/C7H18N2O2S2/c1-7(8(2)3)5-6-9(12)13(4,10)11/h7,12H,5-6H2,1-4H3. The van der Waals surface area contributed by atoms with Crippen molar-refractivity contribution in [3.05, 3.63) is 0 Å². The number of nitrogens with zero attached hydrogens (tertiary/aromatic N) is 2. The molecule has 0 aliphatic heterocycles. The van der Waals surface area contributed by atoms with Crippen molar-refractivity contribution in [2.24, 2.45) is 0 Å². The van der Waals surface area contributed by atoms with E-state index < -0.39 is 10.0 Å². The first-order valence-electron chi connectivity index (χ1n) is 4.08. The van der Waals surface area contributed by atoms with Crippen molar-refractivity contribution in [3.8, 4) is 0 Å². The normalized spacial score (nSPS) is 15.3. The van der Waals surface area contributed by atoms with E-state index >= 15 is 0 Å². The highest BCUT2D eigenvalue weighted by Gasteiger charge is 2.13. The summed E-state index contributed by atoms with van der Waals surface area (Å²) in [6.07, 6.45) is 1.93. The van der Waals surface area contributed by atoms with Gasteiger partial charge in [-0.1, -0.05) is 12.8 Å². The molecule has 0 rings (SSSR count). The van der Waals surface area contributed by atoms with Gasteiger partial charge in [0.1, 0.15) is 0 Å². The zero-order chi connectivity index (χ0) is 10.6. The summed E-state index contributed by atoms with van der Waals surface area (Å²) in [4.78, 5) is 2.05. The molecule has 0 spiro atoms. The summed E-state index contributed by atoms with van der Waals surface area (Å²) in [5.74, 6) is 0. The fourth-order valence-corrected chi connectivity index (χ4v) is 1.27. The number of thiol groups is 1. The molecule has 6 heteroatoms. The van der Waals surface area contributed by atoms with E-state index in [1.807, 2.05) is 25.9 Å². The third-order valence-corrected chi connectivity index (χ3v) is 4.04. The van der Waals surface area contributed by atoms with E-state index in [1.165, 1.54) is 0 Å². The van der Waals surface area contributed by atoms with Gasteiger partial charge in [0.15, 0.2) is 0 Å². The number of sulfonamides is 1. The second kappa shape index (κ2) is 5.19. The molecular formula is C7H18N2O2S2. The van der Waals surface area contributed by atoms with Gasteiger partial charge in [-0.25, -0.2) is 8.42 Å². The molecule has 0 saturated carbocycles. The maximum Gasteiger partial charge on any atom is 0.220 e. The molecule has 0 aromatic heterocycles. The number of hydrogen-bond acceptors (Lipinski definition) is 4. The predicted octanol–water partition coefficient (Wildman–Crippen LogP) is 0.433. The van der Waals surface area contributed by atoms with E-state index in [2.05, 4.69) is 12.8 Å². The molecule has 0 bridgehead atoms. The zero-order valence-corrected chi connectivity index (χ0v) is 10.3. The lowest BCUT2D eigenvalue weighted by atomic mass is 10.2. The first kappa shape index (κ1) is 13.2. The van der Waals surface area contributed by atoms with Crippen LogP contribution in [0.1, 0.15) is 13.3 Å². The summed E-state index contributed by atoms with van der Waals surface area (Å²) in [5, 5.41) is 0. The van der Waals surface area contributed by atoms with Crippen molar-refractivity contribution in [3.63, 3.8) is 0 Å². The number of hydrogen-bond donors (Lipinski definition) is 1. The summed E-state index contributed by atoms with van der Waals surface area (Å²) >= 11 is 3.88. The van der Waals surface area contributed by atoms with Crippen molar-refractivity contribution >= 4 is 22.8 Å². The Hall–Kier alpha value is 0.220. The fourth-order valence-electron chi connectivity index (χ4n) is 0.721. The summed E-state index contributed by atoms with van der Waals surface area (Å²) in [6, 6.07) is 0.358. The molecule has 0 aromatic rings. The van der Waals surface area contributed by atoms with Gasteiger partial charge in [0, 0.05) is 12.6 Å². The van der Waals surface area contributed by atoms with Crippen LogP contribution in [-0.4, -0.2) is 50.0 Å². The average molecular weight is 226 g/mol. The number of rotatable bonds is 5. The van der Waals surface area contributed by atoms with Crippen LogP contribution in [0, 0.1) is 0 Å². The summed E-state index contributed by atoms with van der Waals surface area (Å²) in [5.41, 5.74) is 0. The van der Waals surface area contributed by atoms with Gasteiger partial charge in [-0.15, -0.1) is 3.71 Å². The van der Waals surface area contributed by atoms with Crippen molar-refractivity contribution in [1.82, 2.24) is 8.61 Å². The molecule has 0 aliphatic rings. The van der Waals surface area contributed by atoms with Gasteiger partial charge in [0.05, 0.1) is 6.26 Å². The second-order valence-corrected chi connectivity index (χ2v) is 6.07. The van der Waals surface area contributed by atoms with Crippen LogP contribution in [0.15, 0.2) is 0 Å². The zero-order valence-electron chi connectivity index (χ0n) is 8.56. The predicted molar refractivity (Wildman–Crippen MR) is 58.3 cm³/mol. The van der Waals surface area contributed by atoms with Gasteiger partial charge in [0.2, 0.25) is 10.0 Å². The Bertz CT molecular complexity index is 239. The van der Waals surface area contributed by atoms with Gasteiger partial charge in [0.25, 0.3) is 0 Å². The topological polar surface area (TPSA) is 40.6 Å². The highest BCUT2D eigenvalue weighted by Crippen LogP contribution is 2.06. The van der Waals surface area contributed by atoms with Crippen molar-refractivity contribution in [1.29, 1.82) is 0 Å². The van der Waals surface area contributed by atoms with Crippen LogP contribution in [0.2, 0.25) is 0 Å². The molecule has 80 valence electrons. The van der Waals surface area contributed by atoms with Gasteiger partial charge >= 0.3 is 0 Å². The highest BCUT2D eigenvalue weighted by molar-refractivity contribution is 7.99. The van der Waals surface area contributed by atoms with Gasteiger partial charge in [-0.05, 0) is 27.4 Å². The van der Waals surface area contributed by atoms with Crippen LogP contribution in [0.4, 0.5) is 0 Å². The van der Waals surface area contributed by atoms with Crippen LogP contribution in [0.3, 0.4) is 0 Å². The smallest absolute Gasteiger partial charge is 0.220 e. The van der Waals surface area contributed by atoms with E-state index in [-0.39, 0.29) is 0 Å². The summed E-state index contributed by atoms with van der Waals surface area (Å²) < 4.78 is 23.0. The Morgan fingerprint density at radius 1 is 1.38 bits per heavy atom.